The maximum atomic E-state index is 15.2. The van der Waals surface area contributed by atoms with E-state index in [2.05, 4.69) is 21.3 Å². The molecule has 12 atom stereocenters. The number of likely N-dealkylation sites (N-methyl/N-ethyl adjacent to an activating group) is 7. The summed E-state index contributed by atoms with van der Waals surface area (Å²) < 4.78 is 0. The van der Waals surface area contributed by atoms with Crippen molar-refractivity contribution in [2.24, 2.45) is 35.5 Å². The maximum absolute atomic E-state index is 15.2. The predicted molar refractivity (Wildman–Crippen MR) is 333 cm³/mol. The van der Waals surface area contributed by atoms with Crippen molar-refractivity contribution in [2.75, 3.05) is 55.9 Å². The minimum absolute atomic E-state index is 0.0945. The number of hydrogen-bond donors (Lipinski definition) is 5. The third-order valence-corrected chi connectivity index (χ3v) is 16.2. The number of hydrogen-bond acceptors (Lipinski definition) is 12. The number of aliphatic hydroxyl groups is 1. The molecule has 0 radical (unpaired) electrons. The van der Waals surface area contributed by atoms with Gasteiger partial charge in [0.25, 0.3) is 0 Å². The van der Waals surface area contributed by atoms with Gasteiger partial charge in [-0.2, -0.15) is 0 Å². The van der Waals surface area contributed by atoms with Crippen LogP contribution in [-0.4, -0.2) is 227 Å². The van der Waals surface area contributed by atoms with Crippen LogP contribution in [-0.2, 0) is 52.7 Å². The van der Waals surface area contributed by atoms with Crippen LogP contribution in [0.1, 0.15) is 169 Å². The molecule has 0 saturated carbocycles. The lowest BCUT2D eigenvalue weighted by Gasteiger charge is -2.41. The van der Waals surface area contributed by atoms with Crippen LogP contribution >= 0.6 is 0 Å². The molecule has 5 N–H and O–H groups in total. The Labute approximate surface area is 515 Å². The van der Waals surface area contributed by atoms with Crippen molar-refractivity contribution in [1.82, 2.24) is 55.6 Å². The van der Waals surface area contributed by atoms with Gasteiger partial charge in [0.05, 0.1) is 12.6 Å². The van der Waals surface area contributed by atoms with Crippen molar-refractivity contribution in [3.63, 3.8) is 0 Å². The first kappa shape index (κ1) is 77.9. The first-order valence-electron chi connectivity index (χ1n) is 31.2. The highest BCUT2D eigenvalue weighted by Gasteiger charge is 2.45. The summed E-state index contributed by atoms with van der Waals surface area (Å²) in [5, 5.41) is 23.2. The Balaban J connectivity index is 4.35. The van der Waals surface area contributed by atoms with Gasteiger partial charge in [0.15, 0.2) is 0 Å². The van der Waals surface area contributed by atoms with E-state index in [1.807, 2.05) is 68.4 Å². The Bertz CT molecular complexity index is 2330. The molecule has 1 aliphatic heterocycles. The van der Waals surface area contributed by atoms with Gasteiger partial charge in [0.1, 0.15) is 60.4 Å². The molecule has 0 spiro atoms. The van der Waals surface area contributed by atoms with Crippen LogP contribution in [0.25, 0.3) is 0 Å². The van der Waals surface area contributed by atoms with E-state index in [0.717, 1.165) is 9.80 Å². The number of rotatable bonds is 17. The lowest BCUT2D eigenvalue weighted by atomic mass is 9.91. The largest absolute Gasteiger partial charge is 0.390 e. The number of allylic oxidation sites excluding steroid dienone is 2. The lowest BCUT2D eigenvalue weighted by Crippen LogP contribution is -2.63. The molecule has 0 aromatic heterocycles. The maximum Gasteiger partial charge on any atom is 0.246 e. The summed E-state index contributed by atoms with van der Waals surface area (Å²) in [5.41, 5.74) is 0. The quantitative estimate of drug-likeness (QED) is 0.130. The number of carbonyl (C=O) groups excluding carboxylic acids is 11. The second-order valence-corrected chi connectivity index (χ2v) is 26.1. The van der Waals surface area contributed by atoms with E-state index >= 15 is 9.59 Å². The predicted octanol–water partition coefficient (Wildman–Crippen LogP) is 3.80. The molecule has 1 fully saturated rings. The first-order valence-corrected chi connectivity index (χ1v) is 31.2. The van der Waals surface area contributed by atoms with Crippen molar-refractivity contribution < 1.29 is 57.8 Å². The molecule has 1 unspecified atom stereocenters. The fourth-order valence-electron chi connectivity index (χ4n) is 11.0. The molecule has 492 valence electrons. The molecule has 1 saturated heterocycles. The second kappa shape index (κ2) is 36.2. The second-order valence-electron chi connectivity index (χ2n) is 26.1. The van der Waals surface area contributed by atoms with Gasteiger partial charge in [-0.15, -0.1) is 0 Å². The molecular weight excluding hydrogens is 1100 g/mol. The number of aliphatic hydroxyl groups excluding tert-OH is 1. The van der Waals surface area contributed by atoms with E-state index < -0.39 is 150 Å². The summed E-state index contributed by atoms with van der Waals surface area (Å²) in [4.78, 5) is 169. The molecule has 1 heterocycles. The summed E-state index contributed by atoms with van der Waals surface area (Å²) in [5.74, 6) is -9.07. The number of nitrogens with zero attached hydrogens (tertiary/aromatic N) is 7. The topological polar surface area (TPSA) is 279 Å². The van der Waals surface area contributed by atoms with Crippen LogP contribution in [0.3, 0.4) is 0 Å². The average molecular weight is 1220 g/mol. The van der Waals surface area contributed by atoms with Gasteiger partial charge in [0.2, 0.25) is 65.0 Å². The van der Waals surface area contributed by atoms with Gasteiger partial charge in [-0.3, -0.25) is 52.7 Å². The van der Waals surface area contributed by atoms with Crippen LogP contribution in [0.2, 0.25) is 0 Å². The molecule has 23 nitrogen and oxygen atoms in total. The third kappa shape index (κ3) is 22.2. The van der Waals surface area contributed by atoms with Crippen LogP contribution in [0, 0.1) is 35.5 Å². The van der Waals surface area contributed by atoms with E-state index in [9.17, 15) is 48.3 Å². The van der Waals surface area contributed by atoms with Gasteiger partial charge < -0.3 is 60.7 Å². The lowest BCUT2D eigenvalue weighted by molar-refractivity contribution is -0.157. The smallest absolute Gasteiger partial charge is 0.246 e. The first-order chi connectivity index (χ1) is 39.8. The van der Waals surface area contributed by atoms with Crippen molar-refractivity contribution in [2.45, 2.75) is 235 Å². The summed E-state index contributed by atoms with van der Waals surface area (Å²) in [7, 11) is 9.97. The SMILES string of the molecule is C/C=C/C[C@@H](C)[C@@H](O)[C@H]1C(=O)N[C@@H](CCC)C(=O)N(C)CC(=O)N(C)C(CC(C)C)C(=O)N[C@@H](CCC)C(=O)N(C)[C@@H](CC(C)C)C(=O)N[C@@H](C)C(=O)N[C@H](C)C(=O)N(C)[C@@H](CC(C)C)C(=O)N(C)[C@@H](CC(C)C)C(=O)N(C)[C@@H](C(C)C)C(=O)N1C. The summed E-state index contributed by atoms with van der Waals surface area (Å²) in [6, 6.07) is -12.2. The monoisotopic (exact) mass is 1220 g/mol. The highest BCUT2D eigenvalue weighted by molar-refractivity contribution is 5.99. The van der Waals surface area contributed by atoms with Crippen molar-refractivity contribution >= 4 is 65.0 Å². The molecular formula is C63H113N11O12. The fraction of sp³-hybridized carbons (Fsp3) is 0.794. The zero-order chi connectivity index (χ0) is 66.5. The van der Waals surface area contributed by atoms with Gasteiger partial charge in [0, 0.05) is 49.3 Å². The van der Waals surface area contributed by atoms with Gasteiger partial charge in [-0.25, -0.2) is 0 Å². The van der Waals surface area contributed by atoms with E-state index in [4.69, 9.17) is 0 Å². The average Bonchev–Trinajstić information content (AvgIpc) is 1.39. The minimum atomic E-state index is -1.61. The summed E-state index contributed by atoms with van der Waals surface area (Å²) in [6.45, 7) is 27.9. The molecule has 1 rings (SSSR count). The molecule has 11 amide bonds. The molecule has 0 aromatic carbocycles. The third-order valence-electron chi connectivity index (χ3n) is 16.2. The van der Waals surface area contributed by atoms with Crippen LogP contribution < -0.4 is 21.3 Å². The van der Waals surface area contributed by atoms with Gasteiger partial charge >= 0.3 is 0 Å². The number of nitrogens with one attached hydrogen (secondary N) is 4. The Kier molecular flexibility index (Phi) is 32.8. The molecule has 23 heteroatoms. The highest BCUT2D eigenvalue weighted by atomic mass is 16.3. The molecule has 86 heavy (non-hydrogen) atoms. The number of amides is 11. The van der Waals surface area contributed by atoms with E-state index in [0.29, 0.717) is 19.3 Å². The Morgan fingerprint density at radius 1 is 0.453 bits per heavy atom. The van der Waals surface area contributed by atoms with E-state index in [-0.39, 0.29) is 62.2 Å². The van der Waals surface area contributed by atoms with Gasteiger partial charge in [-0.05, 0) is 101 Å². The summed E-state index contributed by atoms with van der Waals surface area (Å²) >= 11 is 0. The fourth-order valence-corrected chi connectivity index (χ4v) is 11.0. The van der Waals surface area contributed by atoms with Crippen molar-refractivity contribution in [1.29, 1.82) is 0 Å². The molecule has 1 aliphatic rings. The van der Waals surface area contributed by atoms with E-state index in [1.54, 1.807) is 40.7 Å². The minimum Gasteiger partial charge on any atom is -0.390 e. The van der Waals surface area contributed by atoms with Crippen LogP contribution in [0.4, 0.5) is 0 Å². The van der Waals surface area contributed by atoms with Crippen LogP contribution in [0.5, 0.6) is 0 Å². The Hall–Kier alpha value is -6.13. The standard InChI is InChI=1S/C63H113N11O12/c1-24-27-30-41(14)53(76)52-57(80)67-44(28-25-2)59(82)68(17)35-50(75)69(18)46(31-36(4)5)56(79)66-45(29-26-3)60(83)70(19)47(32-37(6)7)55(78)64-42(15)54(77)65-43(16)58(81)71(20)48(33-38(8)9)61(84)72(21)49(34-39(10)11)62(85)73(22)51(40(12)13)63(86)74(52)23/h24,27,36-49,51-53,76H,25-26,28-35H2,1-23H3,(H,64,78)(H,65,77)(H,66,79)(H,67,80)/b27-24+/t41-,42+,43-,44+,45+,46?,47+,48+,49+,51+,52+,53-/m1/s1. The van der Waals surface area contributed by atoms with Crippen LogP contribution in [0.15, 0.2) is 12.2 Å². The van der Waals surface area contributed by atoms with Gasteiger partial charge in [-0.1, -0.05) is 115 Å². The molecule has 0 aromatic rings. The van der Waals surface area contributed by atoms with Crippen molar-refractivity contribution in [3.8, 4) is 0 Å². The molecule has 0 bridgehead atoms. The number of carbonyl (C=O) groups is 11. The Morgan fingerprint density at radius 3 is 1.29 bits per heavy atom. The zero-order valence-corrected chi connectivity index (χ0v) is 56.6. The highest BCUT2D eigenvalue weighted by Crippen LogP contribution is 2.26. The van der Waals surface area contributed by atoms with Crippen molar-refractivity contribution in [3.05, 3.63) is 12.2 Å². The summed E-state index contributed by atoms with van der Waals surface area (Å²) in [6.07, 6.45) is 4.15. The molecule has 0 aliphatic carbocycles. The normalized spacial score (nSPS) is 26.7. The Morgan fingerprint density at radius 2 is 0.837 bits per heavy atom. The van der Waals surface area contributed by atoms with E-state index in [1.165, 1.54) is 87.7 Å². The zero-order valence-electron chi connectivity index (χ0n) is 56.6.